The van der Waals surface area contributed by atoms with Gasteiger partial charge in [0, 0.05) is 0 Å². The Morgan fingerprint density at radius 2 is 1.76 bits per heavy atom. The zero-order valence-electron chi connectivity index (χ0n) is 10.1. The van der Waals surface area contributed by atoms with Crippen LogP contribution in [0.15, 0.2) is 27.3 Å². The van der Waals surface area contributed by atoms with Gasteiger partial charge in [-0.2, -0.15) is 0 Å². The first-order chi connectivity index (χ1) is 9.91. The summed E-state index contributed by atoms with van der Waals surface area (Å²) in [6.45, 7) is 0.142. The van der Waals surface area contributed by atoms with E-state index in [1.165, 1.54) is 6.26 Å². The van der Waals surface area contributed by atoms with Gasteiger partial charge >= 0.3 is 0 Å². The number of anilines is 1. The second kappa shape index (κ2) is 6.44. The van der Waals surface area contributed by atoms with E-state index < -0.39 is 33.4 Å². The Bertz CT molecular complexity index is 649. The van der Waals surface area contributed by atoms with Crippen LogP contribution in [0.2, 0.25) is 0 Å². The summed E-state index contributed by atoms with van der Waals surface area (Å²) >= 11 is 7.21. The van der Waals surface area contributed by atoms with Gasteiger partial charge in [-0.3, -0.25) is 0 Å². The molecule has 0 aliphatic carbocycles. The molecule has 1 aromatic heterocycles. The quantitative estimate of drug-likeness (QED) is 0.363. The van der Waals surface area contributed by atoms with Crippen LogP contribution >= 0.6 is 28.1 Å². The van der Waals surface area contributed by atoms with E-state index in [0.29, 0.717) is 5.76 Å². The van der Waals surface area contributed by atoms with Crippen molar-refractivity contribution in [3.63, 3.8) is 0 Å². The third-order valence-electron chi connectivity index (χ3n) is 2.45. The SMILES string of the molecule is Fc1c(F)c(NC(=S)NCc2ccco2)c(F)c(F)c1Br. The Labute approximate surface area is 130 Å². The van der Waals surface area contributed by atoms with E-state index in [4.69, 9.17) is 16.6 Å². The standard InChI is InChI=1S/C12H7BrF4N2OS/c13-6-7(14)9(16)11(10(17)8(6)15)19-12(21)18-4-5-2-1-3-20-5/h1-3H,4H2,(H2,18,19,21). The lowest BCUT2D eigenvalue weighted by Crippen LogP contribution is -2.29. The molecule has 0 aliphatic rings. The molecule has 2 N–H and O–H groups in total. The first-order valence-corrected chi connectivity index (χ1v) is 6.70. The van der Waals surface area contributed by atoms with Crippen LogP contribution in [-0.4, -0.2) is 5.11 Å². The van der Waals surface area contributed by atoms with Crippen molar-refractivity contribution in [2.24, 2.45) is 0 Å². The maximum atomic E-state index is 13.6. The predicted octanol–water partition coefficient (Wildman–Crippen LogP) is 4.09. The molecular weight excluding hydrogens is 376 g/mol. The van der Waals surface area contributed by atoms with Gasteiger partial charge in [0.15, 0.2) is 28.4 Å². The molecule has 0 fully saturated rings. The normalized spacial score (nSPS) is 10.5. The van der Waals surface area contributed by atoms with Gasteiger partial charge in [-0.15, -0.1) is 0 Å². The maximum Gasteiger partial charge on any atom is 0.186 e. The van der Waals surface area contributed by atoms with Crippen molar-refractivity contribution in [1.82, 2.24) is 5.32 Å². The van der Waals surface area contributed by atoms with Crippen molar-refractivity contribution >= 4 is 38.9 Å². The maximum absolute atomic E-state index is 13.6. The monoisotopic (exact) mass is 382 g/mol. The minimum Gasteiger partial charge on any atom is -0.467 e. The summed E-state index contributed by atoms with van der Waals surface area (Å²) < 4.78 is 58.0. The van der Waals surface area contributed by atoms with Crippen LogP contribution < -0.4 is 10.6 Å². The van der Waals surface area contributed by atoms with E-state index in [0.717, 1.165) is 0 Å². The largest absolute Gasteiger partial charge is 0.467 e. The zero-order valence-corrected chi connectivity index (χ0v) is 12.5. The molecule has 21 heavy (non-hydrogen) atoms. The molecule has 112 valence electrons. The molecule has 0 radical (unpaired) electrons. The lowest BCUT2D eigenvalue weighted by molar-refractivity contribution is 0.452. The van der Waals surface area contributed by atoms with Gasteiger partial charge in [-0.25, -0.2) is 17.6 Å². The minimum atomic E-state index is -1.58. The summed E-state index contributed by atoms with van der Waals surface area (Å²) in [5.41, 5.74) is -1.01. The fraction of sp³-hybridized carbons (Fsp3) is 0.0833. The number of thiocarbonyl (C=S) groups is 1. The van der Waals surface area contributed by atoms with Gasteiger partial charge in [0.1, 0.15) is 11.4 Å². The summed E-state index contributed by atoms with van der Waals surface area (Å²) in [7, 11) is 0. The Balaban J connectivity index is 2.14. The Kier molecular flexibility index (Phi) is 4.84. The van der Waals surface area contributed by atoms with E-state index >= 15 is 0 Å². The average molecular weight is 383 g/mol. The Hall–Kier alpha value is -1.61. The Morgan fingerprint density at radius 1 is 1.14 bits per heavy atom. The van der Waals surface area contributed by atoms with Crippen molar-refractivity contribution < 1.29 is 22.0 Å². The third-order valence-corrected chi connectivity index (χ3v) is 3.39. The molecule has 0 spiro atoms. The van der Waals surface area contributed by atoms with Crippen molar-refractivity contribution in [2.75, 3.05) is 5.32 Å². The van der Waals surface area contributed by atoms with Gasteiger partial charge < -0.3 is 15.1 Å². The minimum absolute atomic E-state index is 0.142. The fourth-order valence-electron chi connectivity index (χ4n) is 1.45. The van der Waals surface area contributed by atoms with E-state index in [1.54, 1.807) is 12.1 Å². The van der Waals surface area contributed by atoms with Gasteiger partial charge in [-0.1, -0.05) is 0 Å². The fourth-order valence-corrected chi connectivity index (χ4v) is 1.98. The van der Waals surface area contributed by atoms with Gasteiger partial charge in [0.05, 0.1) is 17.3 Å². The summed E-state index contributed by atoms with van der Waals surface area (Å²) in [6.07, 6.45) is 1.44. The summed E-state index contributed by atoms with van der Waals surface area (Å²) in [5.74, 6) is -5.74. The van der Waals surface area contributed by atoms with Crippen LogP contribution in [0, 0.1) is 23.3 Å². The molecule has 0 bridgehead atoms. The summed E-state index contributed by atoms with van der Waals surface area (Å²) in [4.78, 5) is 0. The van der Waals surface area contributed by atoms with Crippen LogP contribution in [0.5, 0.6) is 0 Å². The highest BCUT2D eigenvalue weighted by Crippen LogP contribution is 2.31. The molecule has 0 atom stereocenters. The molecule has 3 nitrogen and oxygen atoms in total. The first kappa shape index (κ1) is 15.8. The van der Waals surface area contributed by atoms with E-state index in [2.05, 4.69) is 26.6 Å². The molecule has 1 aromatic carbocycles. The summed E-state index contributed by atoms with van der Waals surface area (Å²) in [5, 5.41) is 4.44. The average Bonchev–Trinajstić information content (AvgIpc) is 2.99. The highest BCUT2D eigenvalue weighted by Gasteiger charge is 2.24. The second-order valence-electron chi connectivity index (χ2n) is 3.83. The van der Waals surface area contributed by atoms with Gasteiger partial charge in [-0.05, 0) is 40.3 Å². The van der Waals surface area contributed by atoms with Crippen LogP contribution in [-0.2, 0) is 6.54 Å². The number of furan rings is 1. The number of rotatable bonds is 3. The van der Waals surface area contributed by atoms with Crippen LogP contribution in [0.25, 0.3) is 0 Å². The van der Waals surface area contributed by atoms with Gasteiger partial charge in [0.2, 0.25) is 0 Å². The van der Waals surface area contributed by atoms with Crippen LogP contribution in [0.1, 0.15) is 5.76 Å². The summed E-state index contributed by atoms with van der Waals surface area (Å²) in [6, 6.07) is 3.29. The van der Waals surface area contributed by atoms with E-state index in [1.807, 2.05) is 0 Å². The number of hydrogen-bond donors (Lipinski definition) is 2. The number of hydrogen-bond acceptors (Lipinski definition) is 2. The van der Waals surface area contributed by atoms with Crippen LogP contribution in [0.3, 0.4) is 0 Å². The lowest BCUT2D eigenvalue weighted by Gasteiger charge is -2.12. The lowest BCUT2D eigenvalue weighted by atomic mass is 10.2. The highest BCUT2D eigenvalue weighted by atomic mass is 79.9. The molecule has 0 amide bonds. The van der Waals surface area contributed by atoms with Gasteiger partial charge in [0.25, 0.3) is 0 Å². The van der Waals surface area contributed by atoms with Crippen molar-refractivity contribution in [3.05, 3.63) is 51.9 Å². The predicted molar refractivity (Wildman–Crippen MR) is 75.7 cm³/mol. The molecule has 1 heterocycles. The second-order valence-corrected chi connectivity index (χ2v) is 5.03. The smallest absolute Gasteiger partial charge is 0.186 e. The molecular formula is C12H7BrF4N2OS. The number of halogens is 5. The van der Waals surface area contributed by atoms with Crippen molar-refractivity contribution in [2.45, 2.75) is 6.54 Å². The first-order valence-electron chi connectivity index (χ1n) is 5.50. The molecule has 9 heteroatoms. The van der Waals surface area contributed by atoms with Crippen molar-refractivity contribution in [3.8, 4) is 0 Å². The molecule has 2 rings (SSSR count). The Morgan fingerprint density at radius 3 is 2.29 bits per heavy atom. The van der Waals surface area contributed by atoms with Crippen LogP contribution in [0.4, 0.5) is 23.2 Å². The molecule has 0 saturated carbocycles. The molecule has 2 aromatic rings. The third kappa shape index (κ3) is 3.35. The highest BCUT2D eigenvalue weighted by molar-refractivity contribution is 9.10. The molecule has 0 saturated heterocycles. The number of benzene rings is 1. The zero-order chi connectivity index (χ0) is 15.6. The molecule has 0 unspecified atom stereocenters. The van der Waals surface area contributed by atoms with E-state index in [-0.39, 0.29) is 11.7 Å². The topological polar surface area (TPSA) is 37.2 Å². The van der Waals surface area contributed by atoms with E-state index in [9.17, 15) is 17.6 Å². The molecule has 0 aliphatic heterocycles. The number of nitrogens with one attached hydrogen (secondary N) is 2. The van der Waals surface area contributed by atoms with Crippen molar-refractivity contribution in [1.29, 1.82) is 0 Å².